The van der Waals surface area contributed by atoms with Gasteiger partial charge in [0.1, 0.15) is 10.1 Å². The van der Waals surface area contributed by atoms with Crippen LogP contribution in [0.25, 0.3) is 23.0 Å². The first-order valence-electron chi connectivity index (χ1n) is 10.3. The summed E-state index contributed by atoms with van der Waals surface area (Å²) in [5, 5.41) is 4.83. The van der Waals surface area contributed by atoms with E-state index in [4.69, 9.17) is 22.1 Å². The Morgan fingerprint density at radius 2 is 1.91 bits per heavy atom. The first kappa shape index (κ1) is 22.0. The highest BCUT2D eigenvalue weighted by molar-refractivity contribution is 8.26. The summed E-state index contributed by atoms with van der Waals surface area (Å²) >= 11 is 6.68. The van der Waals surface area contributed by atoms with Crippen molar-refractivity contribution in [3.8, 4) is 22.7 Å². The zero-order chi connectivity index (χ0) is 22.5. The number of carbonyl (C=O) groups is 1. The summed E-state index contributed by atoms with van der Waals surface area (Å²) in [6, 6.07) is 17.8. The van der Waals surface area contributed by atoms with Gasteiger partial charge < -0.3 is 4.74 Å². The van der Waals surface area contributed by atoms with Crippen molar-refractivity contribution in [2.75, 3.05) is 13.2 Å². The van der Waals surface area contributed by atoms with Crippen molar-refractivity contribution >= 4 is 40.3 Å². The van der Waals surface area contributed by atoms with Gasteiger partial charge in [-0.2, -0.15) is 5.10 Å². The van der Waals surface area contributed by atoms with E-state index < -0.39 is 0 Å². The Labute approximate surface area is 197 Å². The molecule has 0 saturated carbocycles. The van der Waals surface area contributed by atoms with Crippen LogP contribution in [0, 0.1) is 0 Å². The minimum atomic E-state index is -0.110. The molecule has 7 heteroatoms. The summed E-state index contributed by atoms with van der Waals surface area (Å²) in [6.45, 7) is 6.87. The van der Waals surface area contributed by atoms with Crippen LogP contribution in [-0.2, 0) is 4.79 Å². The van der Waals surface area contributed by atoms with Gasteiger partial charge in [-0.05, 0) is 48.9 Å². The molecule has 2 aromatic carbocycles. The van der Waals surface area contributed by atoms with Gasteiger partial charge in [0.05, 0.1) is 22.9 Å². The van der Waals surface area contributed by atoms with E-state index in [9.17, 15) is 4.79 Å². The van der Waals surface area contributed by atoms with Crippen LogP contribution < -0.4 is 4.74 Å². The van der Waals surface area contributed by atoms with E-state index in [-0.39, 0.29) is 5.91 Å². The third-order valence-corrected chi connectivity index (χ3v) is 6.21. The fourth-order valence-electron chi connectivity index (χ4n) is 3.29. The second-order valence-electron chi connectivity index (χ2n) is 7.17. The van der Waals surface area contributed by atoms with Crippen LogP contribution in [0.1, 0.15) is 18.9 Å². The number of benzene rings is 2. The SMILES string of the molecule is C=CCN1C(=O)C(=Cc2cn(-c3ccccc3)nc2-c2ccc(OCCC)cc2)SC1=S. The molecule has 1 fully saturated rings. The molecule has 0 atom stereocenters. The number of carbonyl (C=O) groups excluding carboxylic acids is 1. The fraction of sp³-hybridized carbons (Fsp3) is 0.160. The lowest BCUT2D eigenvalue weighted by atomic mass is 10.1. The van der Waals surface area contributed by atoms with Gasteiger partial charge in [0, 0.05) is 23.9 Å². The standard InChI is InChI=1S/C25H23N3O2S2/c1-3-14-27-24(29)22(32-25(27)31)16-19-17-28(20-8-6-5-7-9-20)26-23(19)18-10-12-21(13-11-18)30-15-4-2/h3,5-13,16-17H,1,4,14-15H2,2H3. The van der Waals surface area contributed by atoms with E-state index in [1.165, 1.54) is 11.8 Å². The van der Waals surface area contributed by atoms with Crippen LogP contribution in [0.4, 0.5) is 0 Å². The van der Waals surface area contributed by atoms with Crippen LogP contribution in [0.15, 0.2) is 78.4 Å². The van der Waals surface area contributed by atoms with Gasteiger partial charge in [0.15, 0.2) is 0 Å². The van der Waals surface area contributed by atoms with E-state index >= 15 is 0 Å². The maximum absolute atomic E-state index is 12.8. The Kier molecular flexibility index (Phi) is 6.87. The molecule has 0 bridgehead atoms. The highest BCUT2D eigenvalue weighted by atomic mass is 32.2. The van der Waals surface area contributed by atoms with Crippen LogP contribution in [0.5, 0.6) is 5.75 Å². The monoisotopic (exact) mass is 461 g/mol. The average Bonchev–Trinajstić information content (AvgIpc) is 3.35. The predicted molar refractivity (Wildman–Crippen MR) is 135 cm³/mol. The van der Waals surface area contributed by atoms with E-state index in [2.05, 4.69) is 13.5 Å². The molecular formula is C25H23N3O2S2. The molecule has 1 aliphatic heterocycles. The smallest absolute Gasteiger partial charge is 0.266 e. The molecule has 3 aromatic rings. The average molecular weight is 462 g/mol. The summed E-state index contributed by atoms with van der Waals surface area (Å²) in [6.07, 6.45) is 6.43. The van der Waals surface area contributed by atoms with Crippen molar-refractivity contribution in [3.05, 3.63) is 83.9 Å². The van der Waals surface area contributed by atoms with Crippen molar-refractivity contribution in [2.24, 2.45) is 0 Å². The maximum Gasteiger partial charge on any atom is 0.266 e. The van der Waals surface area contributed by atoms with Gasteiger partial charge in [-0.3, -0.25) is 9.69 Å². The Hall–Kier alpha value is -3.16. The van der Waals surface area contributed by atoms with Gasteiger partial charge in [0.25, 0.3) is 5.91 Å². The minimum Gasteiger partial charge on any atom is -0.494 e. The number of para-hydroxylation sites is 1. The minimum absolute atomic E-state index is 0.110. The van der Waals surface area contributed by atoms with Crippen molar-refractivity contribution in [3.63, 3.8) is 0 Å². The fourth-order valence-corrected chi connectivity index (χ4v) is 4.55. The van der Waals surface area contributed by atoms with Gasteiger partial charge in [-0.25, -0.2) is 4.68 Å². The molecule has 0 radical (unpaired) electrons. The van der Waals surface area contributed by atoms with Gasteiger partial charge in [-0.1, -0.05) is 55.2 Å². The lowest BCUT2D eigenvalue weighted by Crippen LogP contribution is -2.27. The lowest BCUT2D eigenvalue weighted by Gasteiger charge is -2.10. The number of nitrogens with zero attached hydrogens (tertiary/aromatic N) is 3. The quantitative estimate of drug-likeness (QED) is 0.244. The first-order valence-corrected chi connectivity index (χ1v) is 11.6. The molecular weight excluding hydrogens is 438 g/mol. The summed E-state index contributed by atoms with van der Waals surface area (Å²) in [4.78, 5) is 15.0. The summed E-state index contributed by atoms with van der Waals surface area (Å²) in [5.74, 6) is 0.714. The molecule has 1 aromatic heterocycles. The summed E-state index contributed by atoms with van der Waals surface area (Å²) < 4.78 is 8.07. The molecule has 0 spiro atoms. The number of thioether (sulfide) groups is 1. The topological polar surface area (TPSA) is 47.4 Å². The second-order valence-corrected chi connectivity index (χ2v) is 8.84. The summed E-state index contributed by atoms with van der Waals surface area (Å²) in [5.41, 5.74) is 3.51. The normalized spacial score (nSPS) is 14.9. The zero-order valence-corrected chi connectivity index (χ0v) is 19.4. The largest absolute Gasteiger partial charge is 0.494 e. The Morgan fingerprint density at radius 3 is 2.59 bits per heavy atom. The number of thiocarbonyl (C=S) groups is 1. The number of hydrogen-bond donors (Lipinski definition) is 0. The van der Waals surface area contributed by atoms with Gasteiger partial charge in [-0.15, -0.1) is 6.58 Å². The molecule has 2 heterocycles. The molecule has 0 unspecified atom stereocenters. The Bertz CT molecular complexity index is 1170. The second kappa shape index (κ2) is 9.97. The van der Waals surface area contributed by atoms with Crippen molar-refractivity contribution < 1.29 is 9.53 Å². The van der Waals surface area contributed by atoms with E-state index in [1.807, 2.05) is 71.6 Å². The third kappa shape index (κ3) is 4.69. The van der Waals surface area contributed by atoms with E-state index in [0.717, 1.165) is 34.7 Å². The van der Waals surface area contributed by atoms with Crippen LogP contribution in [0.2, 0.25) is 0 Å². The van der Waals surface area contributed by atoms with Crippen LogP contribution >= 0.6 is 24.0 Å². The number of ether oxygens (including phenoxy) is 1. The number of amides is 1. The molecule has 0 aliphatic carbocycles. The Balaban J connectivity index is 1.74. The molecule has 1 aliphatic rings. The van der Waals surface area contributed by atoms with Gasteiger partial charge >= 0.3 is 0 Å². The van der Waals surface area contributed by atoms with E-state index in [1.54, 1.807) is 11.0 Å². The zero-order valence-electron chi connectivity index (χ0n) is 17.7. The molecule has 1 saturated heterocycles. The predicted octanol–water partition coefficient (Wildman–Crippen LogP) is 5.72. The number of rotatable bonds is 8. The van der Waals surface area contributed by atoms with Gasteiger partial charge in [0.2, 0.25) is 0 Å². The van der Waals surface area contributed by atoms with Crippen molar-refractivity contribution in [1.82, 2.24) is 14.7 Å². The number of aromatic nitrogens is 2. The highest BCUT2D eigenvalue weighted by Gasteiger charge is 2.31. The first-order chi connectivity index (χ1) is 15.6. The molecule has 4 rings (SSSR count). The highest BCUT2D eigenvalue weighted by Crippen LogP contribution is 2.35. The number of hydrogen-bond acceptors (Lipinski definition) is 5. The molecule has 32 heavy (non-hydrogen) atoms. The molecule has 0 N–H and O–H groups in total. The summed E-state index contributed by atoms with van der Waals surface area (Å²) in [7, 11) is 0. The third-order valence-electron chi connectivity index (χ3n) is 4.84. The molecule has 162 valence electrons. The van der Waals surface area contributed by atoms with Crippen molar-refractivity contribution in [2.45, 2.75) is 13.3 Å². The van der Waals surface area contributed by atoms with E-state index in [0.29, 0.717) is 22.4 Å². The maximum atomic E-state index is 12.8. The molecule has 1 amide bonds. The van der Waals surface area contributed by atoms with Crippen LogP contribution in [0.3, 0.4) is 0 Å². The van der Waals surface area contributed by atoms with Crippen LogP contribution in [-0.4, -0.2) is 38.1 Å². The lowest BCUT2D eigenvalue weighted by molar-refractivity contribution is -0.121. The van der Waals surface area contributed by atoms with Crippen molar-refractivity contribution in [1.29, 1.82) is 0 Å². The molecule has 5 nitrogen and oxygen atoms in total. The Morgan fingerprint density at radius 1 is 1.16 bits per heavy atom.